The van der Waals surface area contributed by atoms with Gasteiger partial charge in [-0.3, -0.25) is 14.4 Å². The van der Waals surface area contributed by atoms with E-state index in [-0.39, 0.29) is 23.7 Å². The zero-order valence-corrected chi connectivity index (χ0v) is 10.3. The molecule has 0 aliphatic rings. The molecule has 1 heterocycles. The molecule has 1 rings (SSSR count). The van der Waals surface area contributed by atoms with Crippen LogP contribution in [-0.2, 0) is 4.79 Å². The van der Waals surface area contributed by atoms with Gasteiger partial charge in [0, 0.05) is 12.6 Å². The summed E-state index contributed by atoms with van der Waals surface area (Å²) in [4.78, 5) is 37.5. The van der Waals surface area contributed by atoms with Crippen molar-refractivity contribution in [2.24, 2.45) is 5.92 Å². The molecular formula is C12H16N2O4. The van der Waals surface area contributed by atoms with Crippen LogP contribution >= 0.6 is 0 Å². The van der Waals surface area contributed by atoms with E-state index in [1.165, 1.54) is 23.1 Å². The highest BCUT2D eigenvalue weighted by Gasteiger charge is 2.19. The number of rotatable bonds is 5. The van der Waals surface area contributed by atoms with Gasteiger partial charge in [0.25, 0.3) is 5.91 Å². The largest absolute Gasteiger partial charge is 0.480 e. The molecule has 1 aromatic heterocycles. The van der Waals surface area contributed by atoms with Crippen molar-refractivity contribution in [1.82, 2.24) is 9.88 Å². The summed E-state index contributed by atoms with van der Waals surface area (Å²) in [5.74, 6) is -1.42. The number of carboxylic acids is 1. The number of nitrogens with zero attached hydrogens (tertiary/aromatic N) is 1. The average Bonchev–Trinajstić information content (AvgIpc) is 2.26. The maximum absolute atomic E-state index is 12.1. The molecule has 18 heavy (non-hydrogen) atoms. The first-order valence-electron chi connectivity index (χ1n) is 5.60. The number of hydrogen-bond donors (Lipinski definition) is 2. The number of hydrogen-bond acceptors (Lipinski definition) is 3. The van der Waals surface area contributed by atoms with E-state index in [9.17, 15) is 14.4 Å². The minimum absolute atomic E-state index is 0.101. The first-order valence-corrected chi connectivity index (χ1v) is 5.60. The molecule has 0 aromatic carbocycles. The van der Waals surface area contributed by atoms with Gasteiger partial charge in [-0.1, -0.05) is 19.9 Å². The quantitative estimate of drug-likeness (QED) is 0.801. The Labute approximate surface area is 104 Å². The number of aliphatic carboxylic acids is 1. The summed E-state index contributed by atoms with van der Waals surface area (Å²) in [7, 11) is 0. The molecule has 0 radical (unpaired) electrons. The third kappa shape index (κ3) is 4.04. The topological polar surface area (TPSA) is 90.5 Å². The first-order chi connectivity index (χ1) is 8.40. The van der Waals surface area contributed by atoms with Gasteiger partial charge in [0.1, 0.15) is 12.2 Å². The van der Waals surface area contributed by atoms with Gasteiger partial charge in [-0.05, 0) is 12.0 Å². The molecule has 0 aliphatic heterocycles. The van der Waals surface area contributed by atoms with Crippen LogP contribution in [0.15, 0.2) is 23.0 Å². The van der Waals surface area contributed by atoms with Crippen molar-refractivity contribution >= 4 is 11.9 Å². The van der Waals surface area contributed by atoms with Gasteiger partial charge in [-0.25, -0.2) is 0 Å². The van der Waals surface area contributed by atoms with Crippen molar-refractivity contribution < 1.29 is 14.7 Å². The lowest BCUT2D eigenvalue weighted by Gasteiger charge is -2.22. The second-order valence-corrected chi connectivity index (χ2v) is 4.40. The smallest absolute Gasteiger partial charge is 0.323 e. The lowest BCUT2D eigenvalue weighted by molar-refractivity contribution is -0.137. The van der Waals surface area contributed by atoms with Gasteiger partial charge < -0.3 is 15.0 Å². The number of aromatic nitrogens is 1. The van der Waals surface area contributed by atoms with E-state index in [4.69, 9.17) is 5.11 Å². The number of nitrogens with one attached hydrogen (secondary N) is 1. The average molecular weight is 252 g/mol. The Morgan fingerprint density at radius 1 is 1.39 bits per heavy atom. The fourth-order valence-electron chi connectivity index (χ4n) is 1.57. The molecule has 0 saturated heterocycles. The van der Waals surface area contributed by atoms with Crippen molar-refractivity contribution in [3.63, 3.8) is 0 Å². The third-order valence-corrected chi connectivity index (χ3v) is 2.20. The molecule has 6 nitrogen and oxygen atoms in total. The highest BCUT2D eigenvalue weighted by atomic mass is 16.4. The van der Waals surface area contributed by atoms with Crippen LogP contribution in [0.4, 0.5) is 0 Å². The summed E-state index contributed by atoms with van der Waals surface area (Å²) in [6.07, 6.45) is 0. The predicted molar refractivity (Wildman–Crippen MR) is 65.4 cm³/mol. The molecule has 98 valence electrons. The van der Waals surface area contributed by atoms with Gasteiger partial charge in [0.15, 0.2) is 0 Å². The highest BCUT2D eigenvalue weighted by Crippen LogP contribution is 2.04. The summed E-state index contributed by atoms with van der Waals surface area (Å²) < 4.78 is 0. The molecule has 6 heteroatoms. The molecule has 1 amide bonds. The molecule has 2 N–H and O–H groups in total. The first kappa shape index (κ1) is 14.0. The summed E-state index contributed by atoms with van der Waals surface area (Å²) >= 11 is 0. The van der Waals surface area contributed by atoms with Crippen molar-refractivity contribution in [3.05, 3.63) is 34.2 Å². The summed E-state index contributed by atoms with van der Waals surface area (Å²) in [5.41, 5.74) is -0.287. The summed E-state index contributed by atoms with van der Waals surface area (Å²) in [6, 6.07) is 4.21. The Bertz CT molecular complexity index is 493. The Kier molecular flexibility index (Phi) is 4.65. The maximum Gasteiger partial charge on any atom is 0.323 e. The van der Waals surface area contributed by atoms with Crippen LogP contribution in [0.5, 0.6) is 0 Å². The minimum Gasteiger partial charge on any atom is -0.480 e. The second kappa shape index (κ2) is 6.00. The fourth-order valence-corrected chi connectivity index (χ4v) is 1.57. The summed E-state index contributed by atoms with van der Waals surface area (Å²) in [6.45, 7) is 3.71. The zero-order valence-electron chi connectivity index (χ0n) is 10.3. The standard InChI is InChI=1S/C12H16N2O4/c1-8(2)6-14(7-11(16)17)12(18)9-4-3-5-10(15)13-9/h3-5,8H,6-7H2,1-2H3,(H,13,15)(H,16,17). The number of carboxylic acid groups (broad SMARTS) is 1. The van der Waals surface area contributed by atoms with Gasteiger partial charge in [0.2, 0.25) is 5.56 Å². The monoisotopic (exact) mass is 252 g/mol. The zero-order chi connectivity index (χ0) is 13.7. The number of carbonyl (C=O) groups excluding carboxylic acids is 1. The van der Waals surface area contributed by atoms with E-state index in [1.54, 1.807) is 0 Å². The molecule has 0 aliphatic carbocycles. The van der Waals surface area contributed by atoms with Crippen molar-refractivity contribution in [2.75, 3.05) is 13.1 Å². The van der Waals surface area contributed by atoms with Gasteiger partial charge in [-0.15, -0.1) is 0 Å². The van der Waals surface area contributed by atoms with Gasteiger partial charge in [-0.2, -0.15) is 0 Å². The van der Waals surface area contributed by atoms with Crippen molar-refractivity contribution in [1.29, 1.82) is 0 Å². The third-order valence-electron chi connectivity index (χ3n) is 2.20. The number of carbonyl (C=O) groups is 2. The van der Waals surface area contributed by atoms with Crippen molar-refractivity contribution in [2.45, 2.75) is 13.8 Å². The van der Waals surface area contributed by atoms with E-state index in [0.717, 1.165) is 0 Å². The molecule has 0 saturated carbocycles. The van der Waals surface area contributed by atoms with Crippen LogP contribution in [0.1, 0.15) is 24.3 Å². The van der Waals surface area contributed by atoms with Crippen molar-refractivity contribution in [3.8, 4) is 0 Å². The number of aromatic amines is 1. The van der Waals surface area contributed by atoms with Crippen LogP contribution in [0.2, 0.25) is 0 Å². The molecular weight excluding hydrogens is 236 g/mol. The molecule has 1 aromatic rings. The normalized spacial score (nSPS) is 10.4. The van der Waals surface area contributed by atoms with Crippen LogP contribution in [0, 0.1) is 5.92 Å². The lowest BCUT2D eigenvalue weighted by Crippen LogP contribution is -2.39. The molecule has 0 spiro atoms. The van der Waals surface area contributed by atoms with Crippen LogP contribution in [0.25, 0.3) is 0 Å². The molecule has 0 fully saturated rings. The molecule has 0 bridgehead atoms. The Hall–Kier alpha value is -2.11. The number of amides is 1. The van der Waals surface area contributed by atoms with Gasteiger partial charge >= 0.3 is 5.97 Å². The molecule has 0 atom stereocenters. The predicted octanol–water partition coefficient (Wildman–Crippen LogP) is 0.558. The Balaban J connectivity index is 2.94. The van der Waals surface area contributed by atoms with Gasteiger partial charge in [0.05, 0.1) is 0 Å². The Morgan fingerprint density at radius 3 is 2.56 bits per heavy atom. The van der Waals surface area contributed by atoms with E-state index >= 15 is 0 Å². The number of H-pyrrole nitrogens is 1. The second-order valence-electron chi connectivity index (χ2n) is 4.40. The SMILES string of the molecule is CC(C)CN(CC(=O)O)C(=O)c1cccc(=O)[nH]1. The van der Waals surface area contributed by atoms with Crippen LogP contribution in [0.3, 0.4) is 0 Å². The van der Waals surface area contributed by atoms with E-state index in [1.807, 2.05) is 13.8 Å². The molecule has 0 unspecified atom stereocenters. The van der Waals surface area contributed by atoms with Crippen LogP contribution in [-0.4, -0.2) is 40.0 Å². The van der Waals surface area contributed by atoms with Crippen LogP contribution < -0.4 is 5.56 Å². The van der Waals surface area contributed by atoms with E-state index in [0.29, 0.717) is 6.54 Å². The maximum atomic E-state index is 12.1. The highest BCUT2D eigenvalue weighted by molar-refractivity contribution is 5.94. The summed E-state index contributed by atoms with van der Waals surface area (Å²) in [5, 5.41) is 8.78. The van der Waals surface area contributed by atoms with E-state index in [2.05, 4.69) is 4.98 Å². The fraction of sp³-hybridized carbons (Fsp3) is 0.417. The lowest BCUT2D eigenvalue weighted by atomic mass is 10.2. The minimum atomic E-state index is -1.08. The van der Waals surface area contributed by atoms with E-state index < -0.39 is 11.9 Å². The Morgan fingerprint density at radius 2 is 2.06 bits per heavy atom. The number of pyridine rings is 1.